The molecule has 0 bridgehead atoms. The molecule has 3 heterocycles. The summed E-state index contributed by atoms with van der Waals surface area (Å²) >= 11 is 6.29. The molecule has 1 fully saturated rings. The van der Waals surface area contributed by atoms with Crippen LogP contribution in [0.2, 0.25) is 5.02 Å². The van der Waals surface area contributed by atoms with Gasteiger partial charge >= 0.3 is 0 Å². The number of halogens is 1. The summed E-state index contributed by atoms with van der Waals surface area (Å²) in [6.45, 7) is 7.95. The number of allylic oxidation sites excluding steroid dienone is 2. The summed E-state index contributed by atoms with van der Waals surface area (Å²) in [4.78, 5) is 0. The molecular weight excluding hydrogens is 312 g/mol. The van der Waals surface area contributed by atoms with Crippen LogP contribution in [-0.2, 0) is 11.2 Å². The Morgan fingerprint density at radius 1 is 1.43 bits per heavy atom. The standard InChI is InChI=1S/C18H23ClN2O2/c1-4-12(2)13(3)7-14-8-17(23-15-5-6-22-11-15)18-16(19)9-20-21(18)10-14/h8-10,15H,4-7,11H2,1-3H3/b13-12+. The van der Waals surface area contributed by atoms with Gasteiger partial charge in [0.05, 0.1) is 24.4 Å². The van der Waals surface area contributed by atoms with Gasteiger partial charge in [0.15, 0.2) is 0 Å². The summed E-state index contributed by atoms with van der Waals surface area (Å²) in [7, 11) is 0. The predicted octanol–water partition coefficient (Wildman–Crippen LogP) is 4.44. The SMILES string of the molecule is CC/C(C)=C(\C)Cc1cc(OC2CCOC2)c2c(Cl)cnn2c1. The van der Waals surface area contributed by atoms with Crippen LogP contribution in [0.4, 0.5) is 0 Å². The lowest BCUT2D eigenvalue weighted by atomic mass is 10.0. The molecule has 1 aliphatic heterocycles. The van der Waals surface area contributed by atoms with E-state index in [-0.39, 0.29) is 6.10 Å². The zero-order chi connectivity index (χ0) is 16.4. The summed E-state index contributed by atoms with van der Waals surface area (Å²) in [6.07, 6.45) is 6.67. The molecule has 0 N–H and O–H groups in total. The van der Waals surface area contributed by atoms with Gasteiger partial charge < -0.3 is 9.47 Å². The van der Waals surface area contributed by atoms with Gasteiger partial charge in [0, 0.05) is 12.6 Å². The first-order chi connectivity index (χ1) is 11.1. The highest BCUT2D eigenvalue weighted by Gasteiger charge is 2.20. The molecule has 0 aromatic carbocycles. The number of aromatic nitrogens is 2. The minimum Gasteiger partial charge on any atom is -0.486 e. The number of nitrogens with zero attached hydrogens (tertiary/aromatic N) is 2. The molecule has 4 nitrogen and oxygen atoms in total. The summed E-state index contributed by atoms with van der Waals surface area (Å²) in [5, 5.41) is 4.96. The average molecular weight is 335 g/mol. The second-order valence-corrected chi connectivity index (χ2v) is 6.60. The van der Waals surface area contributed by atoms with Crippen molar-refractivity contribution < 1.29 is 9.47 Å². The smallest absolute Gasteiger partial charge is 0.147 e. The molecule has 0 spiro atoms. The van der Waals surface area contributed by atoms with E-state index in [1.807, 2.05) is 10.7 Å². The van der Waals surface area contributed by atoms with Crippen LogP contribution >= 0.6 is 11.6 Å². The van der Waals surface area contributed by atoms with Crippen molar-refractivity contribution in [2.45, 2.75) is 46.1 Å². The fourth-order valence-corrected chi connectivity index (χ4v) is 3.05. The first-order valence-electron chi connectivity index (χ1n) is 8.14. The van der Waals surface area contributed by atoms with Crippen molar-refractivity contribution in [3.63, 3.8) is 0 Å². The Labute approximate surface area is 142 Å². The predicted molar refractivity (Wildman–Crippen MR) is 92.4 cm³/mol. The average Bonchev–Trinajstić information content (AvgIpc) is 3.16. The fourth-order valence-electron chi connectivity index (χ4n) is 2.83. The van der Waals surface area contributed by atoms with Gasteiger partial charge in [0.2, 0.25) is 0 Å². The number of hydrogen-bond acceptors (Lipinski definition) is 3. The van der Waals surface area contributed by atoms with Crippen molar-refractivity contribution in [3.05, 3.63) is 40.2 Å². The lowest BCUT2D eigenvalue weighted by molar-refractivity contribution is 0.142. The number of fused-ring (bicyclic) bond motifs is 1. The highest BCUT2D eigenvalue weighted by molar-refractivity contribution is 6.34. The number of pyridine rings is 1. The number of rotatable bonds is 5. The fraction of sp³-hybridized carbons (Fsp3) is 0.500. The Morgan fingerprint density at radius 3 is 2.96 bits per heavy atom. The minimum atomic E-state index is 0.0917. The van der Waals surface area contributed by atoms with Crippen molar-refractivity contribution in [1.82, 2.24) is 9.61 Å². The van der Waals surface area contributed by atoms with Crippen molar-refractivity contribution in [2.75, 3.05) is 13.2 Å². The zero-order valence-corrected chi connectivity index (χ0v) is 14.7. The van der Waals surface area contributed by atoms with Crippen LogP contribution in [0.1, 0.15) is 39.2 Å². The van der Waals surface area contributed by atoms with Gasteiger partial charge in [-0.3, -0.25) is 0 Å². The van der Waals surface area contributed by atoms with Gasteiger partial charge in [-0.1, -0.05) is 29.7 Å². The Morgan fingerprint density at radius 2 is 2.26 bits per heavy atom. The van der Waals surface area contributed by atoms with Gasteiger partial charge in [-0.05, 0) is 38.3 Å². The maximum Gasteiger partial charge on any atom is 0.147 e. The van der Waals surface area contributed by atoms with E-state index in [1.165, 1.54) is 16.7 Å². The van der Waals surface area contributed by atoms with Crippen LogP contribution in [0.5, 0.6) is 5.75 Å². The maximum absolute atomic E-state index is 6.29. The third-order valence-electron chi connectivity index (χ3n) is 4.50. The van der Waals surface area contributed by atoms with Crippen LogP contribution in [-0.4, -0.2) is 28.9 Å². The zero-order valence-electron chi connectivity index (χ0n) is 13.9. The van der Waals surface area contributed by atoms with Crippen molar-refractivity contribution >= 4 is 17.1 Å². The van der Waals surface area contributed by atoms with Crippen LogP contribution in [0.25, 0.3) is 5.52 Å². The van der Waals surface area contributed by atoms with Crippen molar-refractivity contribution in [1.29, 1.82) is 0 Å². The molecule has 5 heteroatoms. The summed E-state index contributed by atoms with van der Waals surface area (Å²) < 4.78 is 13.4. The largest absolute Gasteiger partial charge is 0.486 e. The summed E-state index contributed by atoms with van der Waals surface area (Å²) in [5.41, 5.74) is 4.82. The third-order valence-corrected chi connectivity index (χ3v) is 4.78. The van der Waals surface area contributed by atoms with E-state index in [9.17, 15) is 0 Å². The molecular formula is C18H23ClN2O2. The third kappa shape index (κ3) is 3.54. The molecule has 124 valence electrons. The Balaban J connectivity index is 1.96. The van der Waals surface area contributed by atoms with E-state index in [0.29, 0.717) is 11.6 Å². The van der Waals surface area contributed by atoms with Crippen LogP contribution < -0.4 is 4.74 Å². The Kier molecular flexibility index (Phi) is 4.93. The molecule has 1 saturated heterocycles. The Hall–Kier alpha value is -1.52. The lowest BCUT2D eigenvalue weighted by Crippen LogP contribution is -2.16. The second kappa shape index (κ2) is 6.93. The van der Waals surface area contributed by atoms with Gasteiger partial charge in [-0.2, -0.15) is 5.10 Å². The first kappa shape index (κ1) is 16.3. The summed E-state index contributed by atoms with van der Waals surface area (Å²) in [6, 6.07) is 2.09. The molecule has 0 radical (unpaired) electrons. The van der Waals surface area contributed by atoms with Crippen molar-refractivity contribution in [2.24, 2.45) is 0 Å². The topological polar surface area (TPSA) is 35.8 Å². The van der Waals surface area contributed by atoms with Gasteiger partial charge in [0.1, 0.15) is 17.4 Å². The molecule has 0 saturated carbocycles. The Bertz CT molecular complexity index is 730. The quantitative estimate of drug-likeness (QED) is 0.758. The normalized spacial score (nSPS) is 19.2. The molecule has 1 unspecified atom stereocenters. The molecule has 23 heavy (non-hydrogen) atoms. The van der Waals surface area contributed by atoms with Gasteiger partial charge in [-0.25, -0.2) is 4.52 Å². The maximum atomic E-state index is 6.29. The first-order valence-corrected chi connectivity index (χ1v) is 8.51. The van der Waals surface area contributed by atoms with E-state index in [2.05, 4.69) is 31.9 Å². The van der Waals surface area contributed by atoms with E-state index in [0.717, 1.165) is 37.1 Å². The van der Waals surface area contributed by atoms with Crippen LogP contribution in [0.15, 0.2) is 29.6 Å². The van der Waals surface area contributed by atoms with Gasteiger partial charge in [0.25, 0.3) is 0 Å². The highest BCUT2D eigenvalue weighted by Crippen LogP contribution is 2.31. The monoisotopic (exact) mass is 334 g/mol. The molecule has 0 aliphatic carbocycles. The van der Waals surface area contributed by atoms with E-state index in [4.69, 9.17) is 21.1 Å². The molecule has 0 amide bonds. The van der Waals surface area contributed by atoms with E-state index >= 15 is 0 Å². The van der Waals surface area contributed by atoms with E-state index < -0.39 is 0 Å². The molecule has 3 rings (SSSR count). The lowest BCUT2D eigenvalue weighted by Gasteiger charge is -2.15. The van der Waals surface area contributed by atoms with E-state index in [1.54, 1.807) is 6.20 Å². The molecule has 2 aromatic rings. The molecule has 2 aromatic heterocycles. The summed E-state index contributed by atoms with van der Waals surface area (Å²) in [5.74, 6) is 0.794. The second-order valence-electron chi connectivity index (χ2n) is 6.19. The van der Waals surface area contributed by atoms with Crippen LogP contribution in [0, 0.1) is 0 Å². The van der Waals surface area contributed by atoms with Crippen molar-refractivity contribution in [3.8, 4) is 5.75 Å². The highest BCUT2D eigenvalue weighted by atomic mass is 35.5. The number of hydrogen-bond donors (Lipinski definition) is 0. The number of ether oxygens (including phenoxy) is 2. The molecule has 1 aliphatic rings. The van der Waals surface area contributed by atoms with Gasteiger partial charge in [-0.15, -0.1) is 0 Å². The molecule has 1 atom stereocenters. The van der Waals surface area contributed by atoms with Crippen LogP contribution in [0.3, 0.4) is 0 Å². The minimum absolute atomic E-state index is 0.0917.